The van der Waals surface area contributed by atoms with Crippen molar-refractivity contribution in [1.82, 2.24) is 10.2 Å². The van der Waals surface area contributed by atoms with Crippen LogP contribution in [-0.2, 0) is 19.1 Å². The van der Waals surface area contributed by atoms with Crippen LogP contribution in [0.5, 0.6) is 5.75 Å². The molecule has 0 unspecified atom stereocenters. The van der Waals surface area contributed by atoms with Gasteiger partial charge in [0.1, 0.15) is 11.8 Å². The van der Waals surface area contributed by atoms with Crippen LogP contribution in [0.25, 0.3) is 0 Å². The van der Waals surface area contributed by atoms with Crippen LogP contribution in [0.4, 0.5) is 0 Å². The van der Waals surface area contributed by atoms with Gasteiger partial charge in [-0.15, -0.1) is 0 Å². The van der Waals surface area contributed by atoms with E-state index in [-0.39, 0.29) is 11.8 Å². The minimum atomic E-state index is -0.940. The Morgan fingerprint density at radius 2 is 1.93 bits per heavy atom. The molecule has 0 aromatic heterocycles. The fourth-order valence-corrected chi connectivity index (χ4v) is 2.86. The second-order valence-corrected chi connectivity index (χ2v) is 6.77. The molecular formula is C20H26N2O6. The third-order valence-corrected chi connectivity index (χ3v) is 4.35. The molecule has 8 nitrogen and oxygen atoms in total. The number of benzene rings is 1. The molecular weight excluding hydrogens is 364 g/mol. The topological polar surface area (TPSA) is 102 Å². The normalized spacial score (nSPS) is 14.7. The number of carbonyl (C=O) groups is 4. The van der Waals surface area contributed by atoms with Gasteiger partial charge in [0.05, 0.1) is 12.2 Å². The van der Waals surface area contributed by atoms with Gasteiger partial charge < -0.3 is 14.8 Å². The number of carbonyl (C=O) groups excluding carboxylic acids is 4. The van der Waals surface area contributed by atoms with Crippen molar-refractivity contribution in [1.29, 1.82) is 0 Å². The van der Waals surface area contributed by atoms with E-state index in [4.69, 9.17) is 9.47 Å². The molecule has 1 aliphatic rings. The maximum absolute atomic E-state index is 12.6. The first-order valence-electron chi connectivity index (χ1n) is 9.37. The van der Waals surface area contributed by atoms with E-state index in [0.29, 0.717) is 37.3 Å². The summed E-state index contributed by atoms with van der Waals surface area (Å²) in [6, 6.07) is 5.79. The standard InChI is InChI=1S/C20H26N2O6/c1-4-27-15-9-6-5-8-14(15)19(25)21-18(13(2)3)20(26)28-12-17(24)22-11-7-10-16(22)23/h5-6,8-9,13,18H,4,7,10-12H2,1-3H3,(H,21,25)/t18-/m0/s1. The number of para-hydroxylation sites is 1. The average Bonchev–Trinajstić information content (AvgIpc) is 3.10. The average molecular weight is 390 g/mol. The van der Waals surface area contributed by atoms with Gasteiger partial charge in [-0.2, -0.15) is 0 Å². The monoisotopic (exact) mass is 390 g/mol. The summed E-state index contributed by atoms with van der Waals surface area (Å²) in [6.07, 6.45) is 0.937. The van der Waals surface area contributed by atoms with E-state index < -0.39 is 30.4 Å². The largest absolute Gasteiger partial charge is 0.493 e. The van der Waals surface area contributed by atoms with Gasteiger partial charge in [-0.05, 0) is 31.4 Å². The van der Waals surface area contributed by atoms with E-state index in [0.717, 1.165) is 4.90 Å². The molecule has 3 amide bonds. The van der Waals surface area contributed by atoms with Crippen molar-refractivity contribution in [2.75, 3.05) is 19.8 Å². The Labute approximate surface area is 164 Å². The summed E-state index contributed by atoms with van der Waals surface area (Å²) in [7, 11) is 0. The quantitative estimate of drug-likeness (QED) is 0.676. The number of esters is 1. The Balaban J connectivity index is 2.00. The minimum absolute atomic E-state index is 0.262. The first kappa shape index (κ1) is 21.4. The molecule has 0 radical (unpaired) electrons. The Hall–Kier alpha value is -2.90. The van der Waals surface area contributed by atoms with Gasteiger partial charge in [-0.3, -0.25) is 19.3 Å². The highest BCUT2D eigenvalue weighted by atomic mass is 16.5. The van der Waals surface area contributed by atoms with E-state index in [1.165, 1.54) is 0 Å². The second-order valence-electron chi connectivity index (χ2n) is 6.77. The van der Waals surface area contributed by atoms with Crippen molar-refractivity contribution >= 4 is 23.7 Å². The number of rotatable bonds is 8. The number of nitrogens with zero attached hydrogens (tertiary/aromatic N) is 1. The zero-order valence-electron chi connectivity index (χ0n) is 16.4. The number of hydrogen-bond acceptors (Lipinski definition) is 6. The third-order valence-electron chi connectivity index (χ3n) is 4.35. The Morgan fingerprint density at radius 1 is 1.21 bits per heavy atom. The summed E-state index contributed by atoms with van der Waals surface area (Å²) in [5, 5.41) is 2.65. The van der Waals surface area contributed by atoms with Gasteiger partial charge >= 0.3 is 5.97 Å². The molecule has 8 heteroatoms. The van der Waals surface area contributed by atoms with Crippen molar-refractivity contribution in [2.24, 2.45) is 5.92 Å². The van der Waals surface area contributed by atoms with Crippen molar-refractivity contribution in [3.05, 3.63) is 29.8 Å². The Morgan fingerprint density at radius 3 is 2.54 bits per heavy atom. The molecule has 0 bridgehead atoms. The van der Waals surface area contributed by atoms with Gasteiger partial charge in [0.2, 0.25) is 5.91 Å². The summed E-state index contributed by atoms with van der Waals surface area (Å²) in [6.45, 7) is 5.54. The van der Waals surface area contributed by atoms with Crippen molar-refractivity contribution in [3.63, 3.8) is 0 Å². The van der Waals surface area contributed by atoms with Crippen LogP contribution >= 0.6 is 0 Å². The minimum Gasteiger partial charge on any atom is -0.493 e. The van der Waals surface area contributed by atoms with Gasteiger partial charge in [-0.1, -0.05) is 26.0 Å². The number of likely N-dealkylation sites (tertiary alicyclic amines) is 1. The molecule has 0 spiro atoms. The zero-order chi connectivity index (χ0) is 20.7. The number of amides is 3. The van der Waals surface area contributed by atoms with Gasteiger partial charge in [0.25, 0.3) is 11.8 Å². The highest BCUT2D eigenvalue weighted by molar-refractivity contribution is 6.00. The Bertz CT molecular complexity index is 746. The van der Waals surface area contributed by atoms with Crippen LogP contribution in [0.3, 0.4) is 0 Å². The predicted molar refractivity (Wildman–Crippen MR) is 101 cm³/mol. The number of imide groups is 1. The summed E-state index contributed by atoms with van der Waals surface area (Å²) < 4.78 is 10.5. The van der Waals surface area contributed by atoms with Crippen molar-refractivity contribution in [3.8, 4) is 5.75 Å². The maximum atomic E-state index is 12.6. The number of nitrogens with one attached hydrogen (secondary N) is 1. The molecule has 1 aromatic rings. The lowest BCUT2D eigenvalue weighted by molar-refractivity contribution is -0.156. The first-order valence-corrected chi connectivity index (χ1v) is 9.37. The van der Waals surface area contributed by atoms with Gasteiger partial charge in [0.15, 0.2) is 6.61 Å². The Kier molecular flexibility index (Phi) is 7.54. The lowest BCUT2D eigenvalue weighted by atomic mass is 10.0. The van der Waals surface area contributed by atoms with Crippen molar-refractivity contribution < 1.29 is 28.7 Å². The number of hydrogen-bond donors (Lipinski definition) is 1. The highest BCUT2D eigenvalue weighted by Gasteiger charge is 2.30. The molecule has 1 fully saturated rings. The molecule has 0 aliphatic carbocycles. The van der Waals surface area contributed by atoms with Crippen molar-refractivity contribution in [2.45, 2.75) is 39.7 Å². The molecule has 152 valence electrons. The molecule has 1 heterocycles. The van der Waals surface area contributed by atoms with E-state index >= 15 is 0 Å². The van der Waals surface area contributed by atoms with E-state index in [1.54, 1.807) is 38.1 Å². The molecule has 1 aromatic carbocycles. The van der Waals surface area contributed by atoms with Crippen LogP contribution < -0.4 is 10.1 Å². The lowest BCUT2D eigenvalue weighted by Gasteiger charge is -2.22. The zero-order valence-corrected chi connectivity index (χ0v) is 16.4. The maximum Gasteiger partial charge on any atom is 0.329 e. The first-order chi connectivity index (χ1) is 13.3. The summed E-state index contributed by atoms with van der Waals surface area (Å²) in [5.74, 6) is -1.85. The molecule has 1 aliphatic heterocycles. The summed E-state index contributed by atoms with van der Waals surface area (Å²) in [4.78, 5) is 49.8. The van der Waals surface area contributed by atoms with E-state index in [1.807, 2.05) is 6.92 Å². The fraction of sp³-hybridized carbons (Fsp3) is 0.500. The van der Waals surface area contributed by atoms with Crippen LogP contribution in [0, 0.1) is 5.92 Å². The summed E-state index contributed by atoms with van der Waals surface area (Å²) in [5.41, 5.74) is 0.307. The van der Waals surface area contributed by atoms with Crippen LogP contribution in [0.2, 0.25) is 0 Å². The molecule has 1 N–H and O–H groups in total. The molecule has 1 atom stereocenters. The lowest BCUT2D eigenvalue weighted by Crippen LogP contribution is -2.46. The molecule has 2 rings (SSSR count). The number of ether oxygens (including phenoxy) is 2. The molecule has 0 saturated carbocycles. The van der Waals surface area contributed by atoms with E-state index in [9.17, 15) is 19.2 Å². The molecule has 1 saturated heterocycles. The third kappa shape index (κ3) is 5.31. The summed E-state index contributed by atoms with van der Waals surface area (Å²) >= 11 is 0. The van der Waals surface area contributed by atoms with Gasteiger partial charge in [0, 0.05) is 13.0 Å². The van der Waals surface area contributed by atoms with E-state index in [2.05, 4.69) is 5.32 Å². The fourth-order valence-electron chi connectivity index (χ4n) is 2.86. The van der Waals surface area contributed by atoms with Crippen LogP contribution in [0.15, 0.2) is 24.3 Å². The van der Waals surface area contributed by atoms with Crippen LogP contribution in [0.1, 0.15) is 44.0 Å². The second kappa shape index (κ2) is 9.87. The predicted octanol–water partition coefficient (Wildman–Crippen LogP) is 1.53. The molecule has 28 heavy (non-hydrogen) atoms. The SMILES string of the molecule is CCOc1ccccc1C(=O)N[C@H](C(=O)OCC(=O)N1CCCC1=O)C(C)C. The highest BCUT2D eigenvalue weighted by Crippen LogP contribution is 2.18. The smallest absolute Gasteiger partial charge is 0.329 e. The van der Waals surface area contributed by atoms with Gasteiger partial charge in [-0.25, -0.2) is 4.79 Å². The van der Waals surface area contributed by atoms with Crippen LogP contribution in [-0.4, -0.2) is 54.4 Å².